The van der Waals surface area contributed by atoms with Crippen molar-refractivity contribution in [3.05, 3.63) is 12.4 Å². The third kappa shape index (κ3) is 3.79. The Morgan fingerprint density at radius 1 is 0.875 bits per heavy atom. The van der Waals surface area contributed by atoms with Crippen LogP contribution in [0.15, 0.2) is 12.4 Å². The predicted octanol–water partition coefficient (Wildman–Crippen LogP) is 2.16. The van der Waals surface area contributed by atoms with Crippen LogP contribution in [-0.2, 0) is 4.79 Å². The van der Waals surface area contributed by atoms with Gasteiger partial charge in [-0.15, -0.1) is 0 Å². The number of carbonyl (C=O) groups excluding carboxylic acids is 1. The summed E-state index contributed by atoms with van der Waals surface area (Å²) in [6.07, 6.45) is 5.48. The molecule has 0 unspecified atom stereocenters. The van der Waals surface area contributed by atoms with Gasteiger partial charge in [-0.05, 0) is 19.3 Å². The Bertz CT molecular complexity index is 569. The first-order valence-electron chi connectivity index (χ1n) is 9.06. The van der Waals surface area contributed by atoms with Crippen LogP contribution in [0.25, 0.3) is 0 Å². The number of rotatable bonds is 2. The predicted molar refractivity (Wildman–Crippen MR) is 96.3 cm³/mol. The number of nitrogens with zero attached hydrogens (tertiary/aromatic N) is 5. The van der Waals surface area contributed by atoms with E-state index in [0.717, 1.165) is 50.9 Å². The van der Waals surface area contributed by atoms with Crippen molar-refractivity contribution >= 4 is 17.5 Å². The van der Waals surface area contributed by atoms with Crippen molar-refractivity contribution in [2.45, 2.75) is 40.0 Å². The summed E-state index contributed by atoms with van der Waals surface area (Å²) in [6.45, 7) is 11.3. The lowest BCUT2D eigenvalue weighted by molar-refractivity contribution is -0.139. The van der Waals surface area contributed by atoms with Crippen molar-refractivity contribution < 1.29 is 4.79 Å². The van der Waals surface area contributed by atoms with Crippen LogP contribution in [0.3, 0.4) is 0 Å². The van der Waals surface area contributed by atoms with Crippen LogP contribution in [0.2, 0.25) is 0 Å². The van der Waals surface area contributed by atoms with Crippen LogP contribution >= 0.6 is 0 Å². The van der Waals surface area contributed by atoms with Crippen LogP contribution < -0.4 is 9.80 Å². The number of anilines is 2. The van der Waals surface area contributed by atoms with E-state index in [1.54, 1.807) is 6.33 Å². The molecule has 0 aliphatic carbocycles. The highest BCUT2D eigenvalue weighted by molar-refractivity contribution is 5.81. The molecule has 2 fully saturated rings. The minimum Gasteiger partial charge on any atom is -0.356 e. The number of piperidine rings is 1. The molecule has 2 aliphatic rings. The van der Waals surface area contributed by atoms with Gasteiger partial charge in [0.1, 0.15) is 18.0 Å². The van der Waals surface area contributed by atoms with Crippen molar-refractivity contribution in [1.29, 1.82) is 0 Å². The van der Waals surface area contributed by atoms with E-state index in [2.05, 4.69) is 25.8 Å². The second kappa shape index (κ2) is 6.95. The molecule has 0 atom stereocenters. The number of hydrogen-bond acceptors (Lipinski definition) is 5. The van der Waals surface area contributed by atoms with Gasteiger partial charge in [0.15, 0.2) is 0 Å². The molecule has 6 heteroatoms. The molecule has 3 heterocycles. The highest BCUT2D eigenvalue weighted by atomic mass is 16.2. The monoisotopic (exact) mass is 331 g/mol. The molecule has 2 saturated heterocycles. The van der Waals surface area contributed by atoms with Crippen LogP contribution in [0, 0.1) is 5.41 Å². The highest BCUT2D eigenvalue weighted by Crippen LogP contribution is 2.23. The zero-order valence-corrected chi connectivity index (χ0v) is 15.2. The molecule has 0 aromatic carbocycles. The minimum atomic E-state index is -0.307. The lowest BCUT2D eigenvalue weighted by Crippen LogP contribution is -2.51. The first kappa shape index (κ1) is 17.0. The van der Waals surface area contributed by atoms with Crippen molar-refractivity contribution in [3.63, 3.8) is 0 Å². The van der Waals surface area contributed by atoms with E-state index in [9.17, 15) is 4.79 Å². The second-order valence-corrected chi connectivity index (χ2v) is 7.81. The van der Waals surface area contributed by atoms with Gasteiger partial charge in [-0.3, -0.25) is 4.79 Å². The smallest absolute Gasteiger partial charge is 0.228 e. The van der Waals surface area contributed by atoms with Gasteiger partial charge in [0.05, 0.1) is 0 Å². The van der Waals surface area contributed by atoms with Gasteiger partial charge in [0, 0.05) is 50.7 Å². The second-order valence-electron chi connectivity index (χ2n) is 7.81. The van der Waals surface area contributed by atoms with E-state index < -0.39 is 0 Å². The zero-order valence-electron chi connectivity index (χ0n) is 15.2. The number of carbonyl (C=O) groups is 1. The molecule has 24 heavy (non-hydrogen) atoms. The van der Waals surface area contributed by atoms with Gasteiger partial charge in [-0.25, -0.2) is 9.97 Å². The zero-order chi connectivity index (χ0) is 17.2. The molecule has 3 rings (SSSR count). The van der Waals surface area contributed by atoms with Crippen molar-refractivity contribution in [2.75, 3.05) is 49.1 Å². The molecule has 132 valence electrons. The molecule has 2 aliphatic heterocycles. The largest absolute Gasteiger partial charge is 0.356 e. The molecular formula is C18H29N5O. The number of aromatic nitrogens is 2. The Hall–Kier alpha value is -1.85. The van der Waals surface area contributed by atoms with Gasteiger partial charge in [-0.2, -0.15) is 0 Å². The molecule has 6 nitrogen and oxygen atoms in total. The molecule has 1 aromatic heterocycles. The summed E-state index contributed by atoms with van der Waals surface area (Å²) >= 11 is 0. The van der Waals surface area contributed by atoms with Crippen LogP contribution in [0.1, 0.15) is 40.0 Å². The maximum atomic E-state index is 12.4. The number of amides is 1. The van der Waals surface area contributed by atoms with E-state index in [1.807, 2.05) is 25.7 Å². The van der Waals surface area contributed by atoms with Crippen LogP contribution in [0.5, 0.6) is 0 Å². The highest BCUT2D eigenvalue weighted by Gasteiger charge is 2.30. The quantitative estimate of drug-likeness (QED) is 0.831. The summed E-state index contributed by atoms with van der Waals surface area (Å²) in [5, 5.41) is 0. The lowest BCUT2D eigenvalue weighted by atomic mass is 9.94. The fourth-order valence-corrected chi connectivity index (χ4v) is 3.42. The third-order valence-corrected chi connectivity index (χ3v) is 4.85. The SMILES string of the molecule is CC(C)(C)C(=O)N1CCN(c2cc(N3CCCCC3)ncn2)CC1. The Labute approximate surface area is 144 Å². The summed E-state index contributed by atoms with van der Waals surface area (Å²) in [6, 6.07) is 2.10. The average Bonchev–Trinajstić information content (AvgIpc) is 2.61. The molecule has 0 radical (unpaired) electrons. The topological polar surface area (TPSA) is 52.6 Å². The fourth-order valence-electron chi connectivity index (χ4n) is 3.42. The number of piperazine rings is 1. The first-order valence-corrected chi connectivity index (χ1v) is 9.06. The van der Waals surface area contributed by atoms with E-state index in [1.165, 1.54) is 19.3 Å². The lowest BCUT2D eigenvalue weighted by Gasteiger charge is -2.38. The van der Waals surface area contributed by atoms with E-state index in [4.69, 9.17) is 0 Å². The molecule has 1 aromatic rings. The Balaban J connectivity index is 1.63. The molecule has 1 amide bonds. The van der Waals surface area contributed by atoms with E-state index >= 15 is 0 Å². The van der Waals surface area contributed by atoms with Gasteiger partial charge in [0.25, 0.3) is 0 Å². The normalized spacial score (nSPS) is 19.5. The summed E-state index contributed by atoms with van der Waals surface area (Å²) in [5.41, 5.74) is -0.307. The molecule has 0 bridgehead atoms. The Morgan fingerprint density at radius 3 is 1.96 bits per heavy atom. The maximum Gasteiger partial charge on any atom is 0.228 e. The van der Waals surface area contributed by atoms with Gasteiger partial charge >= 0.3 is 0 Å². The minimum absolute atomic E-state index is 0.235. The van der Waals surface area contributed by atoms with Crippen molar-refractivity contribution in [1.82, 2.24) is 14.9 Å². The summed E-state index contributed by atoms with van der Waals surface area (Å²) in [4.78, 5) is 27.9. The summed E-state index contributed by atoms with van der Waals surface area (Å²) < 4.78 is 0. The van der Waals surface area contributed by atoms with E-state index in [0.29, 0.717) is 0 Å². The van der Waals surface area contributed by atoms with E-state index in [-0.39, 0.29) is 11.3 Å². The summed E-state index contributed by atoms with van der Waals surface area (Å²) in [5.74, 6) is 2.25. The average molecular weight is 331 g/mol. The Kier molecular flexibility index (Phi) is 4.92. The van der Waals surface area contributed by atoms with Crippen molar-refractivity contribution in [2.24, 2.45) is 5.41 Å². The molecule has 0 saturated carbocycles. The Morgan fingerprint density at radius 2 is 1.42 bits per heavy atom. The molecular weight excluding hydrogens is 302 g/mol. The van der Waals surface area contributed by atoms with Gasteiger partial charge < -0.3 is 14.7 Å². The third-order valence-electron chi connectivity index (χ3n) is 4.85. The number of hydrogen-bond donors (Lipinski definition) is 0. The fraction of sp³-hybridized carbons (Fsp3) is 0.722. The van der Waals surface area contributed by atoms with Crippen LogP contribution in [-0.4, -0.2) is 60.0 Å². The molecule has 0 spiro atoms. The summed E-state index contributed by atoms with van der Waals surface area (Å²) in [7, 11) is 0. The molecule has 0 N–H and O–H groups in total. The van der Waals surface area contributed by atoms with Gasteiger partial charge in [0.2, 0.25) is 5.91 Å². The maximum absolute atomic E-state index is 12.4. The van der Waals surface area contributed by atoms with Crippen LogP contribution in [0.4, 0.5) is 11.6 Å². The van der Waals surface area contributed by atoms with Gasteiger partial charge in [-0.1, -0.05) is 20.8 Å². The van der Waals surface area contributed by atoms with Crippen molar-refractivity contribution in [3.8, 4) is 0 Å². The first-order chi connectivity index (χ1) is 11.4. The standard InChI is InChI=1S/C18H29N5O/c1-18(2,3)17(24)23-11-9-22(10-12-23)16-13-15(19-14-20-16)21-7-5-4-6-8-21/h13-14H,4-12H2,1-3H3.